The second-order valence-electron chi connectivity index (χ2n) is 3.83. The van der Waals surface area contributed by atoms with Crippen molar-refractivity contribution in [3.8, 4) is 0 Å². The van der Waals surface area contributed by atoms with Crippen LogP contribution in [0.5, 0.6) is 0 Å². The van der Waals surface area contributed by atoms with Crippen LogP contribution in [-0.2, 0) is 4.74 Å². The van der Waals surface area contributed by atoms with Gasteiger partial charge in [-0.3, -0.25) is 4.79 Å². The average Bonchev–Trinajstić information content (AvgIpc) is 3.01. The summed E-state index contributed by atoms with van der Waals surface area (Å²) in [7, 11) is 0. The maximum absolute atomic E-state index is 10.7. The fraction of sp³-hybridized carbons (Fsp3) is 0.308. The number of benzene rings is 1. The number of nitrogens with two attached hydrogens (primary N) is 1. The van der Waals surface area contributed by atoms with Crippen molar-refractivity contribution in [3.05, 3.63) is 36.1 Å². The fourth-order valence-corrected chi connectivity index (χ4v) is 1.61. The lowest BCUT2D eigenvalue weighted by Gasteiger charge is -1.83. The first kappa shape index (κ1) is 11.7. The highest BCUT2D eigenvalue weighted by molar-refractivity contribution is 5.94. The summed E-state index contributed by atoms with van der Waals surface area (Å²) < 4.78 is 10.1. The van der Waals surface area contributed by atoms with Crippen molar-refractivity contribution in [2.24, 2.45) is 5.73 Å². The Morgan fingerprint density at radius 1 is 1.18 bits per heavy atom. The van der Waals surface area contributed by atoms with E-state index < -0.39 is 5.91 Å². The average molecular weight is 233 g/mol. The van der Waals surface area contributed by atoms with Gasteiger partial charge in [-0.05, 0) is 25.0 Å². The predicted molar refractivity (Wildman–Crippen MR) is 64.8 cm³/mol. The monoisotopic (exact) mass is 233 g/mol. The van der Waals surface area contributed by atoms with E-state index in [0.29, 0.717) is 5.58 Å². The molecule has 1 amide bonds. The van der Waals surface area contributed by atoms with Gasteiger partial charge < -0.3 is 14.9 Å². The van der Waals surface area contributed by atoms with Gasteiger partial charge in [-0.2, -0.15) is 0 Å². The maximum atomic E-state index is 10.7. The highest BCUT2D eigenvalue weighted by atomic mass is 16.5. The lowest BCUT2D eigenvalue weighted by atomic mass is 10.2. The Morgan fingerprint density at radius 3 is 2.41 bits per heavy atom. The van der Waals surface area contributed by atoms with E-state index in [2.05, 4.69) is 0 Å². The summed E-state index contributed by atoms with van der Waals surface area (Å²) >= 11 is 0. The van der Waals surface area contributed by atoms with Gasteiger partial charge in [0.2, 0.25) is 0 Å². The Bertz CT molecular complexity index is 459. The predicted octanol–water partition coefficient (Wildman–Crippen LogP) is 2.33. The Kier molecular flexibility index (Phi) is 3.77. The van der Waals surface area contributed by atoms with Crippen LogP contribution in [0.4, 0.5) is 0 Å². The molecule has 0 saturated carbocycles. The molecular formula is C13H15NO3. The summed E-state index contributed by atoms with van der Waals surface area (Å²) in [4.78, 5) is 10.7. The minimum Gasteiger partial charge on any atom is -0.451 e. The number of carbonyl (C=O) groups excluding carboxylic acids is 1. The van der Waals surface area contributed by atoms with Crippen molar-refractivity contribution in [2.45, 2.75) is 12.8 Å². The third-order valence-corrected chi connectivity index (χ3v) is 2.50. The van der Waals surface area contributed by atoms with Gasteiger partial charge in [0.25, 0.3) is 5.91 Å². The van der Waals surface area contributed by atoms with E-state index in [1.54, 1.807) is 12.1 Å². The van der Waals surface area contributed by atoms with Gasteiger partial charge in [0.1, 0.15) is 5.58 Å². The number of primary amides is 1. The van der Waals surface area contributed by atoms with Crippen LogP contribution in [0, 0.1) is 0 Å². The van der Waals surface area contributed by atoms with Crippen molar-refractivity contribution in [3.63, 3.8) is 0 Å². The molecule has 0 unspecified atom stereocenters. The first-order chi connectivity index (χ1) is 8.27. The molecule has 90 valence electrons. The summed E-state index contributed by atoms with van der Waals surface area (Å²) in [5.41, 5.74) is 5.73. The molecule has 2 aromatic rings. The molecular weight excluding hydrogens is 218 g/mol. The van der Waals surface area contributed by atoms with Gasteiger partial charge in [0, 0.05) is 18.6 Å². The lowest BCUT2D eigenvalue weighted by molar-refractivity contribution is 0.0976. The van der Waals surface area contributed by atoms with Crippen molar-refractivity contribution >= 4 is 16.9 Å². The van der Waals surface area contributed by atoms with E-state index in [9.17, 15) is 4.79 Å². The molecule has 3 rings (SSSR count). The first-order valence-corrected chi connectivity index (χ1v) is 5.63. The number of para-hydroxylation sites is 1. The van der Waals surface area contributed by atoms with Crippen LogP contribution in [0.1, 0.15) is 23.4 Å². The molecule has 1 aromatic carbocycles. The number of rotatable bonds is 1. The third-order valence-electron chi connectivity index (χ3n) is 2.50. The fourth-order valence-electron chi connectivity index (χ4n) is 1.61. The van der Waals surface area contributed by atoms with Crippen LogP contribution in [0.2, 0.25) is 0 Å². The largest absolute Gasteiger partial charge is 0.451 e. The zero-order valence-electron chi connectivity index (χ0n) is 9.52. The van der Waals surface area contributed by atoms with Gasteiger partial charge in [-0.25, -0.2) is 0 Å². The summed E-state index contributed by atoms with van der Waals surface area (Å²) in [5.74, 6) is -0.331. The third kappa shape index (κ3) is 3.07. The molecule has 2 N–H and O–H groups in total. The molecule has 0 radical (unpaired) electrons. The van der Waals surface area contributed by atoms with Crippen molar-refractivity contribution in [1.29, 1.82) is 0 Å². The standard InChI is InChI=1S/C9H7NO2.C4H8O/c10-9(11)8-5-6-3-1-2-4-7(6)12-8;1-2-4-5-3-1/h1-5H,(H2,10,11);1-4H2. The Balaban J connectivity index is 0.000000181. The Morgan fingerprint density at radius 2 is 1.88 bits per heavy atom. The smallest absolute Gasteiger partial charge is 0.284 e. The number of hydrogen-bond donors (Lipinski definition) is 1. The Labute approximate surface area is 99.3 Å². The molecule has 0 aliphatic carbocycles. The van der Waals surface area contributed by atoms with E-state index in [1.165, 1.54) is 12.8 Å². The van der Waals surface area contributed by atoms with Crippen molar-refractivity contribution in [2.75, 3.05) is 13.2 Å². The van der Waals surface area contributed by atoms with Gasteiger partial charge >= 0.3 is 0 Å². The van der Waals surface area contributed by atoms with E-state index in [4.69, 9.17) is 14.9 Å². The summed E-state index contributed by atoms with van der Waals surface area (Å²) in [6.07, 6.45) is 2.56. The van der Waals surface area contributed by atoms with E-state index in [1.807, 2.05) is 18.2 Å². The zero-order valence-corrected chi connectivity index (χ0v) is 9.52. The molecule has 1 aromatic heterocycles. The number of amides is 1. The molecule has 1 aliphatic heterocycles. The zero-order chi connectivity index (χ0) is 12.1. The van der Waals surface area contributed by atoms with Crippen LogP contribution in [0.25, 0.3) is 11.0 Å². The van der Waals surface area contributed by atoms with Gasteiger partial charge in [-0.15, -0.1) is 0 Å². The highest BCUT2D eigenvalue weighted by Gasteiger charge is 2.06. The second kappa shape index (κ2) is 5.50. The molecule has 1 saturated heterocycles. The van der Waals surface area contributed by atoms with E-state index >= 15 is 0 Å². The summed E-state index contributed by atoms with van der Waals surface area (Å²) in [6.45, 7) is 2.00. The minimum absolute atomic E-state index is 0.205. The van der Waals surface area contributed by atoms with Crippen LogP contribution in [0.15, 0.2) is 34.7 Å². The number of furan rings is 1. The Hall–Kier alpha value is -1.81. The van der Waals surface area contributed by atoms with Crippen molar-refractivity contribution in [1.82, 2.24) is 0 Å². The van der Waals surface area contributed by atoms with E-state index in [-0.39, 0.29) is 5.76 Å². The number of carbonyl (C=O) groups is 1. The summed E-state index contributed by atoms with van der Waals surface area (Å²) in [5, 5.41) is 0.895. The highest BCUT2D eigenvalue weighted by Crippen LogP contribution is 2.17. The normalized spacial score (nSPS) is 14.4. The molecule has 1 aliphatic rings. The van der Waals surface area contributed by atoms with Crippen LogP contribution < -0.4 is 5.73 Å². The number of fused-ring (bicyclic) bond motifs is 1. The molecule has 1 fully saturated rings. The molecule has 0 bridgehead atoms. The number of hydrogen-bond acceptors (Lipinski definition) is 3. The molecule has 4 nitrogen and oxygen atoms in total. The quantitative estimate of drug-likeness (QED) is 0.822. The van der Waals surface area contributed by atoms with Crippen LogP contribution >= 0.6 is 0 Å². The van der Waals surface area contributed by atoms with Crippen molar-refractivity contribution < 1.29 is 13.9 Å². The van der Waals surface area contributed by atoms with Gasteiger partial charge in [0.15, 0.2) is 5.76 Å². The second-order valence-corrected chi connectivity index (χ2v) is 3.83. The SMILES string of the molecule is C1CCOC1.NC(=O)c1cc2ccccc2o1. The van der Waals surface area contributed by atoms with E-state index in [0.717, 1.165) is 18.6 Å². The summed E-state index contributed by atoms with van der Waals surface area (Å²) in [6, 6.07) is 9.02. The molecule has 2 heterocycles. The van der Waals surface area contributed by atoms with Crippen LogP contribution in [0.3, 0.4) is 0 Å². The number of ether oxygens (including phenoxy) is 1. The van der Waals surface area contributed by atoms with Crippen LogP contribution in [-0.4, -0.2) is 19.1 Å². The topological polar surface area (TPSA) is 65.5 Å². The minimum atomic E-state index is -0.536. The molecule has 0 atom stereocenters. The lowest BCUT2D eigenvalue weighted by Crippen LogP contribution is -2.08. The molecule has 17 heavy (non-hydrogen) atoms. The molecule has 4 heteroatoms. The molecule has 0 spiro atoms. The maximum Gasteiger partial charge on any atom is 0.284 e. The van der Waals surface area contributed by atoms with Gasteiger partial charge in [0.05, 0.1) is 0 Å². The van der Waals surface area contributed by atoms with Gasteiger partial charge in [-0.1, -0.05) is 18.2 Å². The first-order valence-electron chi connectivity index (χ1n) is 5.63.